The third-order valence-electron chi connectivity index (χ3n) is 3.81. The summed E-state index contributed by atoms with van der Waals surface area (Å²) in [5.74, 6) is 0.146. The average Bonchev–Trinajstić information content (AvgIpc) is 2.35. The molecule has 0 saturated heterocycles. The van der Waals surface area contributed by atoms with Crippen LogP contribution in [0, 0.1) is 18.7 Å². The molecule has 1 fully saturated rings. The molecule has 1 aromatic carbocycles. The van der Waals surface area contributed by atoms with Crippen molar-refractivity contribution in [3.63, 3.8) is 0 Å². The van der Waals surface area contributed by atoms with Gasteiger partial charge in [-0.2, -0.15) is 0 Å². The van der Waals surface area contributed by atoms with Crippen molar-refractivity contribution in [3.8, 4) is 0 Å². The SMILES string of the molecule is Cc1ccc(Cl)c([C@@H](N)C2CCCCC2)c1F. The van der Waals surface area contributed by atoms with Crippen LogP contribution < -0.4 is 5.73 Å². The van der Waals surface area contributed by atoms with Gasteiger partial charge in [0.25, 0.3) is 0 Å². The molecule has 1 aliphatic carbocycles. The van der Waals surface area contributed by atoms with E-state index >= 15 is 0 Å². The van der Waals surface area contributed by atoms with Crippen LogP contribution in [0.4, 0.5) is 4.39 Å². The minimum atomic E-state index is -0.261. The number of rotatable bonds is 2. The van der Waals surface area contributed by atoms with Crippen LogP contribution in [0.1, 0.15) is 49.3 Å². The molecule has 0 heterocycles. The average molecular weight is 256 g/mol. The zero-order chi connectivity index (χ0) is 12.4. The van der Waals surface area contributed by atoms with Crippen molar-refractivity contribution < 1.29 is 4.39 Å². The predicted octanol–water partition coefficient (Wildman–Crippen LogP) is 4.37. The van der Waals surface area contributed by atoms with E-state index in [1.165, 1.54) is 19.3 Å². The first-order valence-corrected chi connectivity index (χ1v) is 6.69. The first-order valence-electron chi connectivity index (χ1n) is 6.31. The molecule has 1 atom stereocenters. The zero-order valence-electron chi connectivity index (χ0n) is 10.2. The lowest BCUT2D eigenvalue weighted by atomic mass is 9.81. The third-order valence-corrected chi connectivity index (χ3v) is 4.14. The number of hydrogen-bond acceptors (Lipinski definition) is 1. The van der Waals surface area contributed by atoms with Crippen LogP contribution in [0.5, 0.6) is 0 Å². The molecule has 1 saturated carbocycles. The van der Waals surface area contributed by atoms with Gasteiger partial charge in [-0.3, -0.25) is 0 Å². The Hall–Kier alpha value is -0.600. The van der Waals surface area contributed by atoms with Crippen LogP contribution in [-0.2, 0) is 0 Å². The molecule has 2 rings (SSSR count). The van der Waals surface area contributed by atoms with Crippen molar-refractivity contribution in [2.24, 2.45) is 11.7 Å². The van der Waals surface area contributed by atoms with Gasteiger partial charge in [-0.05, 0) is 37.3 Å². The summed E-state index contributed by atoms with van der Waals surface area (Å²) in [5.41, 5.74) is 7.35. The first-order chi connectivity index (χ1) is 8.11. The molecular weight excluding hydrogens is 237 g/mol. The molecule has 1 aliphatic rings. The molecule has 94 valence electrons. The maximum absolute atomic E-state index is 14.1. The Balaban J connectivity index is 2.29. The highest BCUT2D eigenvalue weighted by atomic mass is 35.5. The fourth-order valence-corrected chi connectivity index (χ4v) is 2.98. The highest BCUT2D eigenvalue weighted by Gasteiger charge is 2.26. The molecule has 1 aromatic rings. The fraction of sp³-hybridized carbons (Fsp3) is 0.571. The monoisotopic (exact) mass is 255 g/mol. The Morgan fingerprint density at radius 3 is 2.59 bits per heavy atom. The topological polar surface area (TPSA) is 26.0 Å². The second kappa shape index (κ2) is 5.36. The van der Waals surface area contributed by atoms with Crippen molar-refractivity contribution >= 4 is 11.6 Å². The van der Waals surface area contributed by atoms with E-state index in [4.69, 9.17) is 17.3 Å². The summed E-state index contributed by atoms with van der Waals surface area (Å²) < 4.78 is 14.1. The smallest absolute Gasteiger partial charge is 0.132 e. The molecule has 0 amide bonds. The van der Waals surface area contributed by atoms with Crippen molar-refractivity contribution in [1.29, 1.82) is 0 Å². The second-order valence-corrected chi connectivity index (χ2v) is 5.42. The molecule has 2 N–H and O–H groups in total. The second-order valence-electron chi connectivity index (χ2n) is 5.02. The number of aryl methyl sites for hydroxylation is 1. The Kier molecular flexibility index (Phi) is 4.05. The van der Waals surface area contributed by atoms with Crippen molar-refractivity contribution in [2.75, 3.05) is 0 Å². The first kappa shape index (κ1) is 12.8. The van der Waals surface area contributed by atoms with E-state index < -0.39 is 0 Å². The lowest BCUT2D eigenvalue weighted by Gasteiger charge is -2.28. The molecule has 1 nitrogen and oxygen atoms in total. The zero-order valence-corrected chi connectivity index (χ0v) is 10.9. The highest BCUT2D eigenvalue weighted by molar-refractivity contribution is 6.31. The van der Waals surface area contributed by atoms with Gasteiger partial charge < -0.3 is 5.73 Å². The van der Waals surface area contributed by atoms with Crippen molar-refractivity contribution in [2.45, 2.75) is 45.1 Å². The summed E-state index contributed by atoms with van der Waals surface area (Å²) >= 11 is 6.10. The minimum absolute atomic E-state index is 0.226. The summed E-state index contributed by atoms with van der Waals surface area (Å²) in [5, 5.41) is 0.464. The van der Waals surface area contributed by atoms with Crippen molar-refractivity contribution in [1.82, 2.24) is 0 Å². The standard InChI is InChI=1S/C14H19ClFN/c1-9-7-8-11(15)12(13(9)16)14(17)10-5-3-2-4-6-10/h7-8,10,14H,2-6,17H2,1H3/t14-/m0/s1. The molecule has 17 heavy (non-hydrogen) atoms. The van der Waals surface area contributed by atoms with Gasteiger partial charge in [-0.1, -0.05) is 36.9 Å². The summed E-state index contributed by atoms with van der Waals surface area (Å²) in [6.45, 7) is 1.75. The molecule has 0 bridgehead atoms. The Morgan fingerprint density at radius 2 is 1.94 bits per heavy atom. The van der Waals surface area contributed by atoms with E-state index in [0.29, 0.717) is 22.1 Å². The molecule has 3 heteroatoms. The van der Waals surface area contributed by atoms with Crippen LogP contribution in [-0.4, -0.2) is 0 Å². The molecule has 0 spiro atoms. The van der Waals surface area contributed by atoms with Gasteiger partial charge in [0.1, 0.15) is 5.82 Å². The Labute approximate surface area is 107 Å². The Bertz CT molecular complexity index is 399. The van der Waals surface area contributed by atoms with Gasteiger partial charge in [0, 0.05) is 16.6 Å². The number of nitrogens with two attached hydrogens (primary N) is 1. The predicted molar refractivity (Wildman–Crippen MR) is 69.7 cm³/mol. The van der Waals surface area contributed by atoms with Crippen LogP contribution in [0.25, 0.3) is 0 Å². The van der Waals surface area contributed by atoms with E-state index in [9.17, 15) is 4.39 Å². The summed E-state index contributed by atoms with van der Waals surface area (Å²) in [6, 6.07) is 3.19. The van der Waals surface area contributed by atoms with Gasteiger partial charge in [0.2, 0.25) is 0 Å². The van der Waals surface area contributed by atoms with E-state index in [1.807, 2.05) is 0 Å². The normalized spacial score (nSPS) is 19.3. The van der Waals surface area contributed by atoms with Gasteiger partial charge in [0.15, 0.2) is 0 Å². The molecule has 0 unspecified atom stereocenters. The van der Waals surface area contributed by atoms with Gasteiger partial charge in [0.05, 0.1) is 0 Å². The lowest BCUT2D eigenvalue weighted by Crippen LogP contribution is -2.25. The molecule has 0 radical (unpaired) electrons. The number of hydrogen-bond donors (Lipinski definition) is 1. The van der Waals surface area contributed by atoms with E-state index in [-0.39, 0.29) is 11.9 Å². The van der Waals surface area contributed by atoms with E-state index in [1.54, 1.807) is 19.1 Å². The van der Waals surface area contributed by atoms with Gasteiger partial charge >= 0.3 is 0 Å². The lowest BCUT2D eigenvalue weighted by molar-refractivity contribution is 0.303. The maximum atomic E-state index is 14.1. The van der Waals surface area contributed by atoms with Gasteiger partial charge in [-0.25, -0.2) is 4.39 Å². The minimum Gasteiger partial charge on any atom is -0.324 e. The summed E-state index contributed by atoms with van der Waals surface area (Å²) in [6.07, 6.45) is 5.84. The fourth-order valence-electron chi connectivity index (χ4n) is 2.71. The number of halogens is 2. The highest BCUT2D eigenvalue weighted by Crippen LogP contribution is 2.37. The van der Waals surface area contributed by atoms with E-state index in [0.717, 1.165) is 12.8 Å². The molecule has 0 aliphatic heterocycles. The van der Waals surface area contributed by atoms with Gasteiger partial charge in [-0.15, -0.1) is 0 Å². The van der Waals surface area contributed by atoms with Crippen LogP contribution in [0.2, 0.25) is 5.02 Å². The maximum Gasteiger partial charge on any atom is 0.132 e. The van der Waals surface area contributed by atoms with Crippen LogP contribution in [0.15, 0.2) is 12.1 Å². The summed E-state index contributed by atoms with van der Waals surface area (Å²) in [7, 11) is 0. The number of benzene rings is 1. The van der Waals surface area contributed by atoms with Crippen LogP contribution >= 0.6 is 11.6 Å². The Morgan fingerprint density at radius 1 is 1.29 bits per heavy atom. The quantitative estimate of drug-likeness (QED) is 0.835. The van der Waals surface area contributed by atoms with E-state index in [2.05, 4.69) is 0 Å². The van der Waals surface area contributed by atoms with Crippen LogP contribution in [0.3, 0.4) is 0 Å². The summed E-state index contributed by atoms with van der Waals surface area (Å²) in [4.78, 5) is 0. The van der Waals surface area contributed by atoms with Crippen molar-refractivity contribution in [3.05, 3.63) is 34.1 Å². The largest absolute Gasteiger partial charge is 0.324 e. The molecular formula is C14H19ClFN. The third kappa shape index (κ3) is 2.63. The molecule has 0 aromatic heterocycles.